The van der Waals surface area contributed by atoms with Crippen LogP contribution in [-0.2, 0) is 14.3 Å². The second-order valence-electron chi connectivity index (χ2n) is 7.45. The van der Waals surface area contributed by atoms with E-state index >= 15 is 0 Å². The lowest BCUT2D eigenvalue weighted by molar-refractivity contribution is -0.154. The minimum absolute atomic E-state index is 0.00484. The van der Waals surface area contributed by atoms with E-state index < -0.39 is 5.60 Å². The number of ether oxygens (including phenoxy) is 1. The largest absolute Gasteiger partial charge is 0.460 e. The zero-order valence-electron chi connectivity index (χ0n) is 16.6. The zero-order chi connectivity index (χ0) is 20.3. The van der Waals surface area contributed by atoms with E-state index in [1.165, 1.54) is 0 Å². The van der Waals surface area contributed by atoms with E-state index in [0.717, 1.165) is 31.4 Å². The van der Waals surface area contributed by atoms with Crippen molar-refractivity contribution >= 4 is 23.4 Å². The molecule has 0 atom stereocenters. The molecule has 0 saturated heterocycles. The molecule has 0 unspecified atom stereocenters. The number of hydrogen-bond donors (Lipinski definition) is 4. The fraction of sp³-hybridized carbons (Fsp3) is 0.550. The second kappa shape index (κ2) is 11.2. The van der Waals surface area contributed by atoms with Crippen LogP contribution in [0.4, 0.5) is 5.69 Å². The van der Waals surface area contributed by atoms with Crippen LogP contribution in [0, 0.1) is 5.41 Å². The monoisotopic (exact) mass is 376 g/mol. The molecule has 0 radical (unpaired) electrons. The number of amides is 1. The smallest absolute Gasteiger partial charge is 0.306 e. The summed E-state index contributed by atoms with van der Waals surface area (Å²) < 4.78 is 5.26. The summed E-state index contributed by atoms with van der Waals surface area (Å²) in [6, 6.07) is 7.09. The Balaban J connectivity index is 2.08. The number of hydrogen-bond acceptors (Lipinski definition) is 5. The topological polar surface area (TPSA) is 117 Å². The summed E-state index contributed by atoms with van der Waals surface area (Å²) in [5.41, 5.74) is 6.39. The van der Waals surface area contributed by atoms with Gasteiger partial charge in [0.1, 0.15) is 11.4 Å². The van der Waals surface area contributed by atoms with Crippen molar-refractivity contribution in [3.63, 3.8) is 0 Å². The quantitative estimate of drug-likeness (QED) is 0.205. The van der Waals surface area contributed by atoms with E-state index in [0.29, 0.717) is 18.5 Å². The zero-order valence-corrected chi connectivity index (χ0v) is 16.6. The molecule has 27 heavy (non-hydrogen) atoms. The van der Waals surface area contributed by atoms with E-state index in [2.05, 4.69) is 10.6 Å². The Hall–Kier alpha value is -2.57. The average Bonchev–Trinajstić information content (AvgIpc) is 2.57. The molecule has 5 N–H and O–H groups in total. The molecule has 1 aromatic rings. The van der Waals surface area contributed by atoms with Crippen molar-refractivity contribution in [3.8, 4) is 0 Å². The molecule has 7 nitrogen and oxygen atoms in total. The molecule has 0 saturated carbocycles. The Morgan fingerprint density at radius 3 is 2.52 bits per heavy atom. The van der Waals surface area contributed by atoms with E-state index in [4.69, 9.17) is 15.9 Å². The molecule has 0 spiro atoms. The molecule has 0 bridgehead atoms. The van der Waals surface area contributed by atoms with Crippen LogP contribution in [0.1, 0.15) is 58.4 Å². The van der Waals surface area contributed by atoms with Crippen LogP contribution in [0.5, 0.6) is 0 Å². The lowest BCUT2D eigenvalue weighted by Gasteiger charge is -2.19. The first kappa shape index (κ1) is 22.5. The number of anilines is 1. The molecule has 0 fully saturated rings. The Morgan fingerprint density at radius 1 is 1.15 bits per heavy atom. The Kier molecular flexibility index (Phi) is 9.33. The fourth-order valence-electron chi connectivity index (χ4n) is 2.41. The summed E-state index contributed by atoms with van der Waals surface area (Å²) in [4.78, 5) is 23.4. The summed E-state index contributed by atoms with van der Waals surface area (Å²) in [6.07, 6.45) is 4.01. The number of unbranched alkanes of at least 4 members (excludes halogenated alkanes) is 3. The Bertz CT molecular complexity index is 638. The highest BCUT2D eigenvalue weighted by molar-refractivity contribution is 5.95. The molecular formula is C20H32N4O3. The highest BCUT2D eigenvalue weighted by atomic mass is 16.6. The maximum absolute atomic E-state index is 11.8. The third kappa shape index (κ3) is 10.9. The first-order chi connectivity index (χ1) is 12.7. The number of nitrogens with one attached hydrogen (secondary N) is 3. The van der Waals surface area contributed by atoms with Crippen molar-refractivity contribution in [2.75, 3.05) is 18.4 Å². The van der Waals surface area contributed by atoms with Gasteiger partial charge in [-0.3, -0.25) is 15.0 Å². The number of nitrogens with two attached hydrogens (primary N) is 1. The van der Waals surface area contributed by atoms with Gasteiger partial charge in [-0.25, -0.2) is 0 Å². The molecule has 0 aliphatic carbocycles. The van der Waals surface area contributed by atoms with Crippen LogP contribution < -0.4 is 16.4 Å². The molecule has 0 aromatic heterocycles. The van der Waals surface area contributed by atoms with E-state index in [1.54, 1.807) is 18.2 Å². The number of benzene rings is 1. The third-order valence-electron chi connectivity index (χ3n) is 3.68. The van der Waals surface area contributed by atoms with Gasteiger partial charge in [-0.2, -0.15) is 0 Å². The fourth-order valence-corrected chi connectivity index (χ4v) is 2.41. The van der Waals surface area contributed by atoms with Crippen LogP contribution in [0.15, 0.2) is 24.3 Å². The van der Waals surface area contributed by atoms with Crippen LogP contribution in [-0.4, -0.2) is 36.4 Å². The Morgan fingerprint density at radius 2 is 1.85 bits per heavy atom. The number of carbonyl (C=O) groups excluding carboxylic acids is 2. The van der Waals surface area contributed by atoms with Gasteiger partial charge in [-0.15, -0.1) is 0 Å². The molecule has 0 aliphatic rings. The molecule has 1 amide bonds. The first-order valence-electron chi connectivity index (χ1n) is 9.34. The van der Waals surface area contributed by atoms with Gasteiger partial charge in [-0.1, -0.05) is 25.0 Å². The minimum Gasteiger partial charge on any atom is -0.460 e. The maximum Gasteiger partial charge on any atom is 0.306 e. The molecule has 0 aliphatic heterocycles. The van der Waals surface area contributed by atoms with Crippen molar-refractivity contribution in [1.29, 1.82) is 5.41 Å². The predicted molar refractivity (Wildman–Crippen MR) is 108 cm³/mol. The lowest BCUT2D eigenvalue weighted by atomic mass is 10.1. The van der Waals surface area contributed by atoms with Crippen molar-refractivity contribution in [2.24, 2.45) is 5.73 Å². The number of esters is 1. The number of carbonyl (C=O) groups is 2. The Labute approximate surface area is 161 Å². The van der Waals surface area contributed by atoms with Gasteiger partial charge in [0.2, 0.25) is 5.91 Å². The van der Waals surface area contributed by atoms with Crippen LogP contribution in [0.25, 0.3) is 0 Å². The second-order valence-corrected chi connectivity index (χ2v) is 7.45. The van der Waals surface area contributed by atoms with Gasteiger partial charge < -0.3 is 21.1 Å². The third-order valence-corrected chi connectivity index (χ3v) is 3.68. The van der Waals surface area contributed by atoms with Crippen molar-refractivity contribution in [3.05, 3.63) is 29.8 Å². The minimum atomic E-state index is -0.428. The number of nitrogen functional groups attached to an aromatic ring is 1. The van der Waals surface area contributed by atoms with E-state index in [9.17, 15) is 9.59 Å². The highest BCUT2D eigenvalue weighted by Gasteiger charge is 2.15. The molecule has 1 rings (SSSR count). The van der Waals surface area contributed by atoms with Crippen LogP contribution >= 0.6 is 0 Å². The van der Waals surface area contributed by atoms with E-state index in [-0.39, 0.29) is 24.3 Å². The predicted octanol–water partition coefficient (Wildman–Crippen LogP) is 2.79. The summed E-state index contributed by atoms with van der Waals surface area (Å²) in [5.74, 6) is -0.248. The van der Waals surface area contributed by atoms with Gasteiger partial charge in [-0.05, 0) is 45.7 Å². The maximum atomic E-state index is 11.8. The van der Waals surface area contributed by atoms with Crippen LogP contribution in [0.3, 0.4) is 0 Å². The number of rotatable bonds is 11. The highest BCUT2D eigenvalue weighted by Crippen LogP contribution is 2.11. The average molecular weight is 377 g/mol. The summed E-state index contributed by atoms with van der Waals surface area (Å²) >= 11 is 0. The molecule has 150 valence electrons. The van der Waals surface area contributed by atoms with Gasteiger partial charge in [0.05, 0.1) is 6.54 Å². The van der Waals surface area contributed by atoms with Gasteiger partial charge >= 0.3 is 5.97 Å². The lowest BCUT2D eigenvalue weighted by Crippen LogP contribution is -2.30. The summed E-state index contributed by atoms with van der Waals surface area (Å²) in [7, 11) is 0. The van der Waals surface area contributed by atoms with Crippen molar-refractivity contribution in [1.82, 2.24) is 5.32 Å². The van der Waals surface area contributed by atoms with Gasteiger partial charge in [0.15, 0.2) is 0 Å². The first-order valence-corrected chi connectivity index (χ1v) is 9.34. The summed E-state index contributed by atoms with van der Waals surface area (Å²) in [5, 5.41) is 13.3. The molecule has 0 heterocycles. The van der Waals surface area contributed by atoms with Crippen molar-refractivity contribution < 1.29 is 14.3 Å². The van der Waals surface area contributed by atoms with Gasteiger partial charge in [0, 0.05) is 24.2 Å². The molecular weight excluding hydrogens is 344 g/mol. The van der Waals surface area contributed by atoms with Crippen LogP contribution in [0.2, 0.25) is 0 Å². The normalized spacial score (nSPS) is 10.9. The number of amidine groups is 1. The SMILES string of the molecule is CC(C)(C)OC(=O)CCCCCCNC(=O)CNc1cccc(C(=N)N)c1. The van der Waals surface area contributed by atoms with E-state index in [1.807, 2.05) is 26.8 Å². The van der Waals surface area contributed by atoms with Crippen molar-refractivity contribution in [2.45, 2.75) is 58.5 Å². The standard InChI is InChI=1S/C20H32N4O3/c1-20(2,3)27-18(26)11-6-4-5-7-12-23-17(25)14-24-16-10-8-9-15(13-16)19(21)22/h8-10,13,24H,4-7,11-12,14H2,1-3H3,(H3,21,22)(H,23,25). The summed E-state index contributed by atoms with van der Waals surface area (Å²) in [6.45, 7) is 6.37. The van der Waals surface area contributed by atoms with Gasteiger partial charge in [0.25, 0.3) is 0 Å². The molecule has 1 aromatic carbocycles. The molecule has 7 heteroatoms.